The average molecular weight is 179 g/mol. The molecule has 0 fully saturated rings. The highest BCUT2D eigenvalue weighted by Crippen LogP contribution is 2.18. The zero-order valence-electron chi connectivity index (χ0n) is 6.53. The van der Waals surface area contributed by atoms with Gasteiger partial charge < -0.3 is 5.11 Å². The summed E-state index contributed by atoms with van der Waals surface area (Å²) in [5.41, 5.74) is 1.99. The molecule has 0 unspecified atom stereocenters. The van der Waals surface area contributed by atoms with Gasteiger partial charge in [0.1, 0.15) is 0 Å². The van der Waals surface area contributed by atoms with E-state index in [1.54, 1.807) is 11.3 Å². The van der Waals surface area contributed by atoms with E-state index < -0.39 is 0 Å². The van der Waals surface area contributed by atoms with Crippen LogP contribution >= 0.6 is 11.3 Å². The number of thiophene rings is 1. The van der Waals surface area contributed by atoms with Crippen LogP contribution in [-0.2, 0) is 6.42 Å². The molecule has 2 aromatic heterocycles. The lowest BCUT2D eigenvalue weighted by molar-refractivity contribution is 0.298. The van der Waals surface area contributed by atoms with Crippen molar-refractivity contribution in [3.63, 3.8) is 0 Å². The van der Waals surface area contributed by atoms with Crippen LogP contribution < -0.4 is 0 Å². The first-order valence-corrected chi connectivity index (χ1v) is 4.72. The van der Waals surface area contributed by atoms with E-state index >= 15 is 0 Å². The van der Waals surface area contributed by atoms with E-state index in [-0.39, 0.29) is 6.61 Å². The SMILES string of the molecule is OCCc1ccc2sccc2n1. The predicted octanol–water partition coefficient (Wildman–Crippen LogP) is 1.83. The lowest BCUT2D eigenvalue weighted by Gasteiger charge is -1.96. The zero-order valence-corrected chi connectivity index (χ0v) is 7.34. The fourth-order valence-corrected chi connectivity index (χ4v) is 1.87. The molecule has 2 rings (SSSR count). The van der Waals surface area contributed by atoms with Crippen molar-refractivity contribution in [2.24, 2.45) is 0 Å². The number of aliphatic hydroxyl groups excluding tert-OH is 1. The van der Waals surface area contributed by atoms with E-state index in [0.29, 0.717) is 6.42 Å². The Bertz CT molecular complexity index is 383. The molecule has 62 valence electrons. The molecule has 0 aliphatic carbocycles. The molecule has 0 bridgehead atoms. The minimum atomic E-state index is 0.169. The third kappa shape index (κ3) is 1.33. The summed E-state index contributed by atoms with van der Waals surface area (Å²) in [5, 5.41) is 10.7. The van der Waals surface area contributed by atoms with Crippen LogP contribution in [0.1, 0.15) is 5.69 Å². The Morgan fingerprint density at radius 2 is 2.25 bits per heavy atom. The van der Waals surface area contributed by atoms with E-state index in [4.69, 9.17) is 5.11 Å². The lowest BCUT2D eigenvalue weighted by atomic mass is 10.3. The van der Waals surface area contributed by atoms with Gasteiger partial charge in [-0.25, -0.2) is 0 Å². The second-order valence-corrected chi connectivity index (χ2v) is 3.53. The summed E-state index contributed by atoms with van der Waals surface area (Å²) in [6.07, 6.45) is 0.645. The summed E-state index contributed by atoms with van der Waals surface area (Å²) >= 11 is 1.69. The number of fused-ring (bicyclic) bond motifs is 1. The molecule has 2 aromatic rings. The van der Waals surface area contributed by atoms with Gasteiger partial charge >= 0.3 is 0 Å². The molecule has 2 heterocycles. The van der Waals surface area contributed by atoms with Crippen LogP contribution in [-0.4, -0.2) is 16.7 Å². The van der Waals surface area contributed by atoms with Gasteiger partial charge in [0.25, 0.3) is 0 Å². The minimum absolute atomic E-state index is 0.169. The molecule has 0 aromatic carbocycles. The fraction of sp³-hybridized carbons (Fsp3) is 0.222. The van der Waals surface area contributed by atoms with E-state index in [1.165, 1.54) is 4.70 Å². The van der Waals surface area contributed by atoms with Gasteiger partial charge in [-0.1, -0.05) is 0 Å². The number of hydrogen-bond donors (Lipinski definition) is 1. The molecule has 0 amide bonds. The Balaban J connectivity index is 2.46. The van der Waals surface area contributed by atoms with E-state index in [2.05, 4.69) is 11.1 Å². The number of aliphatic hydroxyl groups is 1. The molecule has 0 aliphatic heterocycles. The van der Waals surface area contributed by atoms with Gasteiger partial charge in [-0.2, -0.15) is 0 Å². The van der Waals surface area contributed by atoms with E-state index in [1.807, 2.05) is 17.5 Å². The van der Waals surface area contributed by atoms with Crippen molar-refractivity contribution in [2.45, 2.75) is 6.42 Å². The molecule has 1 N–H and O–H groups in total. The molecule has 0 spiro atoms. The quantitative estimate of drug-likeness (QED) is 0.763. The van der Waals surface area contributed by atoms with Crippen LogP contribution in [0.2, 0.25) is 0 Å². The number of hydrogen-bond acceptors (Lipinski definition) is 3. The van der Waals surface area contributed by atoms with E-state index in [0.717, 1.165) is 11.2 Å². The highest BCUT2D eigenvalue weighted by atomic mass is 32.1. The zero-order chi connectivity index (χ0) is 8.39. The van der Waals surface area contributed by atoms with Gasteiger partial charge in [0.2, 0.25) is 0 Å². The molecule has 0 saturated heterocycles. The molecule has 0 aliphatic rings. The second-order valence-electron chi connectivity index (χ2n) is 2.58. The Morgan fingerprint density at radius 3 is 3.08 bits per heavy atom. The first-order chi connectivity index (χ1) is 5.90. The summed E-state index contributed by atoms with van der Waals surface area (Å²) in [7, 11) is 0. The van der Waals surface area contributed by atoms with Crippen molar-refractivity contribution < 1.29 is 5.11 Å². The van der Waals surface area contributed by atoms with Crippen LogP contribution in [0.15, 0.2) is 23.6 Å². The molecule has 0 saturated carbocycles. The monoisotopic (exact) mass is 179 g/mol. The summed E-state index contributed by atoms with van der Waals surface area (Å²) in [5.74, 6) is 0. The lowest BCUT2D eigenvalue weighted by Crippen LogP contribution is -1.93. The first-order valence-electron chi connectivity index (χ1n) is 3.84. The first kappa shape index (κ1) is 7.71. The maximum atomic E-state index is 8.70. The van der Waals surface area contributed by atoms with Gasteiger partial charge in [0.05, 0.1) is 10.2 Å². The molecule has 3 heteroatoms. The van der Waals surface area contributed by atoms with Crippen molar-refractivity contribution >= 4 is 21.6 Å². The average Bonchev–Trinajstić information content (AvgIpc) is 2.51. The highest BCUT2D eigenvalue weighted by Gasteiger charge is 1.97. The van der Waals surface area contributed by atoms with Crippen LogP contribution in [0.25, 0.3) is 10.2 Å². The molecule has 2 nitrogen and oxygen atoms in total. The number of nitrogens with zero attached hydrogens (tertiary/aromatic N) is 1. The Kier molecular flexibility index (Phi) is 2.06. The molecule has 0 atom stereocenters. The number of aromatic nitrogens is 1. The van der Waals surface area contributed by atoms with Gasteiger partial charge in [0, 0.05) is 18.7 Å². The minimum Gasteiger partial charge on any atom is -0.396 e. The van der Waals surface area contributed by atoms with Gasteiger partial charge in [-0.3, -0.25) is 4.98 Å². The number of pyridine rings is 1. The summed E-state index contributed by atoms with van der Waals surface area (Å²) in [4.78, 5) is 4.38. The van der Waals surface area contributed by atoms with E-state index in [9.17, 15) is 0 Å². The molecule has 0 radical (unpaired) electrons. The Labute approximate surface area is 74.5 Å². The van der Waals surface area contributed by atoms with Gasteiger partial charge in [-0.05, 0) is 23.6 Å². The Hall–Kier alpha value is -0.930. The standard InChI is InChI=1S/C9H9NOS/c11-5-3-7-1-2-9-8(10-7)4-6-12-9/h1-2,4,6,11H,3,5H2. The fourth-order valence-electron chi connectivity index (χ4n) is 1.15. The molecule has 12 heavy (non-hydrogen) atoms. The third-order valence-corrected chi connectivity index (χ3v) is 2.60. The van der Waals surface area contributed by atoms with Crippen LogP contribution in [0, 0.1) is 0 Å². The maximum absolute atomic E-state index is 8.70. The molecular formula is C9H9NOS. The van der Waals surface area contributed by atoms with Crippen LogP contribution in [0.5, 0.6) is 0 Å². The highest BCUT2D eigenvalue weighted by molar-refractivity contribution is 7.17. The third-order valence-electron chi connectivity index (χ3n) is 1.73. The van der Waals surface area contributed by atoms with Gasteiger partial charge in [0.15, 0.2) is 0 Å². The smallest absolute Gasteiger partial charge is 0.0812 e. The summed E-state index contributed by atoms with van der Waals surface area (Å²) in [6, 6.07) is 6.02. The van der Waals surface area contributed by atoms with Gasteiger partial charge in [-0.15, -0.1) is 11.3 Å². The van der Waals surface area contributed by atoms with Crippen LogP contribution in [0.3, 0.4) is 0 Å². The predicted molar refractivity (Wildman–Crippen MR) is 50.4 cm³/mol. The number of rotatable bonds is 2. The summed E-state index contributed by atoms with van der Waals surface area (Å²) < 4.78 is 1.21. The van der Waals surface area contributed by atoms with Crippen LogP contribution in [0.4, 0.5) is 0 Å². The Morgan fingerprint density at radius 1 is 1.33 bits per heavy atom. The maximum Gasteiger partial charge on any atom is 0.0812 e. The largest absolute Gasteiger partial charge is 0.396 e. The topological polar surface area (TPSA) is 33.1 Å². The van der Waals surface area contributed by atoms with Crippen molar-refractivity contribution in [3.05, 3.63) is 29.3 Å². The molecular weight excluding hydrogens is 170 g/mol. The van der Waals surface area contributed by atoms with Crippen molar-refractivity contribution in [3.8, 4) is 0 Å². The van der Waals surface area contributed by atoms with Crippen molar-refractivity contribution in [1.29, 1.82) is 0 Å². The summed E-state index contributed by atoms with van der Waals surface area (Å²) in [6.45, 7) is 0.169. The second kappa shape index (κ2) is 3.21. The van der Waals surface area contributed by atoms with Crippen molar-refractivity contribution in [2.75, 3.05) is 6.61 Å². The normalized spacial score (nSPS) is 10.8. The van der Waals surface area contributed by atoms with Crippen molar-refractivity contribution in [1.82, 2.24) is 4.98 Å².